The summed E-state index contributed by atoms with van der Waals surface area (Å²) in [6.07, 6.45) is -0.104. The molecule has 0 aromatic heterocycles. The number of hydrogen-bond acceptors (Lipinski definition) is 5. The molecule has 0 aliphatic heterocycles. The summed E-state index contributed by atoms with van der Waals surface area (Å²) in [6.45, 7) is 1.66. The molecule has 0 spiro atoms. The number of carbonyl (C=O) groups is 2. The van der Waals surface area contributed by atoms with Crippen LogP contribution in [-0.4, -0.2) is 24.4 Å². The molecule has 0 radical (unpaired) electrons. The van der Waals surface area contributed by atoms with Gasteiger partial charge < -0.3 is 4.74 Å². The first-order chi connectivity index (χ1) is 9.80. The molecular formula is C13H10F3NO3S. The van der Waals surface area contributed by atoms with Crippen LogP contribution in [-0.2, 0) is 16.0 Å². The third-order valence-electron chi connectivity index (χ3n) is 2.35. The van der Waals surface area contributed by atoms with Crippen LogP contribution in [0.1, 0.15) is 28.4 Å². The lowest BCUT2D eigenvalue weighted by molar-refractivity contribution is -0.142. The first kappa shape index (κ1) is 17.0. The van der Waals surface area contributed by atoms with Gasteiger partial charge in [-0.25, -0.2) is 0 Å². The van der Waals surface area contributed by atoms with E-state index in [0.717, 1.165) is 12.1 Å². The second-order valence-electron chi connectivity index (χ2n) is 3.81. The first-order valence-electron chi connectivity index (χ1n) is 5.74. The van der Waals surface area contributed by atoms with E-state index < -0.39 is 29.7 Å². The normalized spacial score (nSPS) is 10.8. The number of halogens is 3. The van der Waals surface area contributed by atoms with Crippen molar-refractivity contribution < 1.29 is 27.5 Å². The van der Waals surface area contributed by atoms with E-state index in [0.29, 0.717) is 6.29 Å². The average molecular weight is 317 g/mol. The van der Waals surface area contributed by atoms with Crippen molar-refractivity contribution in [3.63, 3.8) is 0 Å². The molecule has 0 atom stereocenters. The molecule has 8 heteroatoms. The van der Waals surface area contributed by atoms with Gasteiger partial charge in [-0.2, -0.15) is 18.4 Å². The minimum Gasteiger partial charge on any atom is -0.466 e. The molecular weight excluding hydrogens is 307 g/mol. The fourth-order valence-electron chi connectivity index (χ4n) is 1.56. The van der Waals surface area contributed by atoms with Gasteiger partial charge in [0.1, 0.15) is 0 Å². The number of nitrogens with zero attached hydrogens (tertiary/aromatic N) is 1. The summed E-state index contributed by atoms with van der Waals surface area (Å²) >= 11 is -0.440. The van der Waals surface area contributed by atoms with E-state index >= 15 is 0 Å². The Balaban J connectivity index is 3.26. The van der Waals surface area contributed by atoms with Crippen molar-refractivity contribution in [1.82, 2.24) is 0 Å². The highest BCUT2D eigenvalue weighted by molar-refractivity contribution is 8.00. The van der Waals surface area contributed by atoms with Crippen molar-refractivity contribution in [2.75, 3.05) is 6.61 Å². The second-order valence-corrected chi connectivity index (χ2v) is 4.91. The zero-order valence-electron chi connectivity index (χ0n) is 10.9. The maximum absolute atomic E-state index is 12.5. The number of ether oxygens (including phenoxy) is 1. The molecule has 0 saturated heterocycles. The fourth-order valence-corrected chi connectivity index (χ4v) is 2.26. The van der Waals surface area contributed by atoms with Crippen LogP contribution >= 0.6 is 11.8 Å². The number of esters is 1. The number of thioether (sulfide) groups is 1. The summed E-state index contributed by atoms with van der Waals surface area (Å²) in [7, 11) is 0. The Labute approximate surface area is 122 Å². The number of nitriles is 1. The van der Waals surface area contributed by atoms with Gasteiger partial charge in [-0.3, -0.25) is 9.59 Å². The second kappa shape index (κ2) is 7.13. The molecule has 0 unspecified atom stereocenters. The van der Waals surface area contributed by atoms with Crippen LogP contribution < -0.4 is 0 Å². The third-order valence-corrected chi connectivity index (χ3v) is 3.18. The molecule has 1 aromatic rings. The van der Waals surface area contributed by atoms with E-state index in [2.05, 4.69) is 4.74 Å². The lowest BCUT2D eigenvalue weighted by Crippen LogP contribution is -2.10. The maximum atomic E-state index is 12.5. The predicted octanol–water partition coefficient (Wildman–Crippen LogP) is 3.09. The van der Waals surface area contributed by atoms with Gasteiger partial charge in [0, 0.05) is 10.5 Å². The highest BCUT2D eigenvalue weighted by atomic mass is 32.2. The van der Waals surface area contributed by atoms with Gasteiger partial charge in [0.2, 0.25) is 0 Å². The Morgan fingerprint density at radius 1 is 1.48 bits per heavy atom. The minimum absolute atomic E-state index is 0.00192. The van der Waals surface area contributed by atoms with Crippen LogP contribution in [0.25, 0.3) is 0 Å². The van der Waals surface area contributed by atoms with Crippen molar-refractivity contribution in [3.05, 3.63) is 28.8 Å². The smallest absolute Gasteiger partial charge is 0.446 e. The van der Waals surface area contributed by atoms with Crippen LogP contribution in [0.4, 0.5) is 13.2 Å². The highest BCUT2D eigenvalue weighted by Gasteiger charge is 2.31. The Hall–Kier alpha value is -2.01. The summed E-state index contributed by atoms with van der Waals surface area (Å²) in [5, 5.41) is 8.88. The van der Waals surface area contributed by atoms with E-state index in [1.54, 1.807) is 13.0 Å². The van der Waals surface area contributed by atoms with Gasteiger partial charge in [0.25, 0.3) is 0 Å². The van der Waals surface area contributed by atoms with Crippen LogP contribution in [0.5, 0.6) is 0 Å². The number of benzene rings is 1. The number of rotatable bonds is 5. The van der Waals surface area contributed by atoms with Crippen molar-refractivity contribution in [2.24, 2.45) is 0 Å². The van der Waals surface area contributed by atoms with E-state index in [4.69, 9.17) is 5.26 Å². The molecule has 0 aliphatic rings. The largest absolute Gasteiger partial charge is 0.466 e. The monoisotopic (exact) mass is 317 g/mol. The van der Waals surface area contributed by atoms with Crippen LogP contribution in [0, 0.1) is 11.3 Å². The van der Waals surface area contributed by atoms with Gasteiger partial charge in [-0.1, -0.05) is 0 Å². The van der Waals surface area contributed by atoms with Gasteiger partial charge in [0.05, 0.1) is 24.7 Å². The third kappa shape index (κ3) is 5.11. The van der Waals surface area contributed by atoms with Crippen molar-refractivity contribution in [1.29, 1.82) is 5.26 Å². The van der Waals surface area contributed by atoms with Crippen LogP contribution in [0.15, 0.2) is 17.0 Å². The lowest BCUT2D eigenvalue weighted by Gasteiger charge is -2.12. The van der Waals surface area contributed by atoms with Crippen LogP contribution in [0.2, 0.25) is 0 Å². The number of aldehydes is 1. The van der Waals surface area contributed by atoms with Crippen molar-refractivity contribution in [2.45, 2.75) is 23.7 Å². The van der Waals surface area contributed by atoms with Gasteiger partial charge in [-0.15, -0.1) is 0 Å². The molecule has 0 aliphatic carbocycles. The molecule has 1 aromatic carbocycles. The SMILES string of the molecule is CCOC(=O)Cc1cc(C#N)c(C=O)cc1SC(F)(F)F. The lowest BCUT2D eigenvalue weighted by atomic mass is 10.0. The average Bonchev–Trinajstić information content (AvgIpc) is 2.38. The topological polar surface area (TPSA) is 67.2 Å². The van der Waals surface area contributed by atoms with E-state index in [1.165, 1.54) is 0 Å². The zero-order valence-corrected chi connectivity index (χ0v) is 11.7. The van der Waals surface area contributed by atoms with E-state index in [-0.39, 0.29) is 28.2 Å². The standard InChI is InChI=1S/C13H10F3NO3S/c1-2-20-12(19)5-8-3-9(6-17)10(7-18)4-11(8)21-13(14,15)16/h3-4,7H,2,5H2,1H3. The number of alkyl halides is 3. The molecule has 1 rings (SSSR count). The first-order valence-corrected chi connectivity index (χ1v) is 6.56. The summed E-state index contributed by atoms with van der Waals surface area (Å²) in [4.78, 5) is 21.9. The zero-order chi connectivity index (χ0) is 16.0. The fraction of sp³-hybridized carbons (Fsp3) is 0.308. The summed E-state index contributed by atoms with van der Waals surface area (Å²) in [5.74, 6) is -0.704. The molecule has 0 fully saturated rings. The predicted molar refractivity (Wildman–Crippen MR) is 68.8 cm³/mol. The van der Waals surface area contributed by atoms with Gasteiger partial charge in [0.15, 0.2) is 6.29 Å². The van der Waals surface area contributed by atoms with Gasteiger partial charge >= 0.3 is 11.5 Å². The molecule has 0 saturated carbocycles. The quantitative estimate of drug-likeness (QED) is 0.474. The molecule has 112 valence electrons. The molecule has 0 bridgehead atoms. The number of hydrogen-bond donors (Lipinski definition) is 0. The molecule has 0 amide bonds. The molecule has 0 N–H and O–H groups in total. The van der Waals surface area contributed by atoms with E-state index in [9.17, 15) is 22.8 Å². The Morgan fingerprint density at radius 3 is 2.62 bits per heavy atom. The Morgan fingerprint density at radius 2 is 2.14 bits per heavy atom. The Bertz CT molecular complexity index is 594. The number of carbonyl (C=O) groups excluding carboxylic acids is 2. The molecule has 4 nitrogen and oxygen atoms in total. The van der Waals surface area contributed by atoms with Crippen LogP contribution in [0.3, 0.4) is 0 Å². The summed E-state index contributed by atoms with van der Waals surface area (Å²) in [5.41, 5.74) is -4.82. The highest BCUT2D eigenvalue weighted by Crippen LogP contribution is 2.39. The summed E-state index contributed by atoms with van der Waals surface area (Å²) < 4.78 is 42.2. The van der Waals surface area contributed by atoms with Crippen molar-refractivity contribution >= 4 is 24.0 Å². The molecule has 21 heavy (non-hydrogen) atoms. The van der Waals surface area contributed by atoms with E-state index in [1.807, 2.05) is 0 Å². The maximum Gasteiger partial charge on any atom is 0.446 e. The summed E-state index contributed by atoms with van der Waals surface area (Å²) in [6, 6.07) is 3.77. The molecule has 0 heterocycles. The van der Waals surface area contributed by atoms with Gasteiger partial charge in [-0.05, 0) is 36.4 Å². The van der Waals surface area contributed by atoms with Crippen molar-refractivity contribution in [3.8, 4) is 6.07 Å². The minimum atomic E-state index is -4.57. The Kier molecular flexibility index (Phi) is 5.79.